The van der Waals surface area contributed by atoms with Crippen LogP contribution in [0.4, 0.5) is 5.69 Å². The summed E-state index contributed by atoms with van der Waals surface area (Å²) in [4.78, 5) is 42.0. The first-order valence-corrected chi connectivity index (χ1v) is 7.91. The lowest BCUT2D eigenvalue weighted by Crippen LogP contribution is -2.66. The van der Waals surface area contributed by atoms with Crippen LogP contribution >= 0.6 is 0 Å². The number of nitrogen functional groups attached to an aromatic ring is 1. The normalized spacial score (nSPS) is 24.2. The number of anilines is 1. The monoisotopic (exact) mass is 356 g/mol. The molecule has 0 bridgehead atoms. The molecular formula is C14H7B7N4O3. The number of benzene rings is 1. The van der Waals surface area contributed by atoms with Crippen molar-refractivity contribution in [1.29, 1.82) is 0 Å². The zero-order valence-electron chi connectivity index (χ0n) is 14.8. The van der Waals surface area contributed by atoms with Gasteiger partial charge in [0.2, 0.25) is 11.8 Å². The lowest BCUT2D eigenvalue weighted by molar-refractivity contribution is -0.138. The molecule has 0 saturated carbocycles. The highest BCUT2D eigenvalue weighted by Crippen LogP contribution is 2.45. The number of fused-ring (bicyclic) bond motifs is 1. The van der Waals surface area contributed by atoms with Gasteiger partial charge in [-0.2, -0.15) is 0 Å². The van der Waals surface area contributed by atoms with E-state index in [1.807, 2.05) is 5.32 Å². The number of aryl methyl sites for hydroxylation is 1. The molecule has 2 atom stereocenters. The molecule has 2 heterocycles. The number of rotatable bonds is 1. The van der Waals surface area contributed by atoms with Crippen molar-refractivity contribution in [3.05, 3.63) is 16.2 Å². The van der Waals surface area contributed by atoms with E-state index < -0.39 is 33.8 Å². The number of hydrogen-bond donors (Lipinski definition) is 2. The van der Waals surface area contributed by atoms with Crippen LogP contribution in [0.2, 0.25) is 11.0 Å². The third kappa shape index (κ3) is 2.39. The zero-order chi connectivity index (χ0) is 21.3. The van der Waals surface area contributed by atoms with Crippen molar-refractivity contribution in [2.75, 3.05) is 5.73 Å². The number of nitrogens with two attached hydrogens (primary N) is 1. The molecule has 1 aliphatic heterocycles. The maximum atomic E-state index is 13.3. The summed E-state index contributed by atoms with van der Waals surface area (Å²) in [5.74, 6) is -3.92. The molecule has 7 nitrogen and oxygen atoms in total. The first-order valence-electron chi connectivity index (χ1n) is 7.91. The molecule has 1 aromatic heterocycles. The molecule has 1 fully saturated rings. The Morgan fingerprint density at radius 3 is 2.18 bits per heavy atom. The zero-order valence-corrected chi connectivity index (χ0v) is 14.8. The molecule has 14 heteroatoms. The third-order valence-corrected chi connectivity index (χ3v) is 4.99. The number of nitrogens with zero attached hydrogens (tertiary/aromatic N) is 2. The van der Waals surface area contributed by atoms with E-state index in [4.69, 9.17) is 60.7 Å². The van der Waals surface area contributed by atoms with Gasteiger partial charge in [0, 0.05) is 5.69 Å². The van der Waals surface area contributed by atoms with Crippen LogP contribution in [0.25, 0.3) is 10.9 Å². The minimum absolute atomic E-state index is 0.0285. The molecule has 2 amide bonds. The van der Waals surface area contributed by atoms with Gasteiger partial charge in [-0.1, -0.05) is 16.7 Å². The van der Waals surface area contributed by atoms with Crippen LogP contribution in [0.1, 0.15) is 5.82 Å². The van der Waals surface area contributed by atoms with Gasteiger partial charge in [0.05, 0.1) is 39.9 Å². The van der Waals surface area contributed by atoms with Crippen molar-refractivity contribution in [3.63, 3.8) is 0 Å². The van der Waals surface area contributed by atoms with Crippen molar-refractivity contribution in [2.45, 2.75) is 23.4 Å². The van der Waals surface area contributed by atoms with E-state index in [2.05, 4.69) is 4.98 Å². The Kier molecular flexibility index (Phi) is 4.48. The average molecular weight is 355 g/mol. The number of carbonyl (C=O) groups is 2. The van der Waals surface area contributed by atoms with Crippen molar-refractivity contribution in [1.82, 2.24) is 14.9 Å². The average Bonchev–Trinajstić information content (AvgIpc) is 2.61. The van der Waals surface area contributed by atoms with Crippen LogP contribution in [0, 0.1) is 6.92 Å². The van der Waals surface area contributed by atoms with Crippen LogP contribution in [0.5, 0.6) is 0 Å². The highest BCUT2D eigenvalue weighted by molar-refractivity contribution is 6.62. The molecule has 2 aromatic rings. The van der Waals surface area contributed by atoms with Gasteiger partial charge in [0.1, 0.15) is 37.2 Å². The van der Waals surface area contributed by atoms with Crippen molar-refractivity contribution in [3.8, 4) is 0 Å². The van der Waals surface area contributed by atoms with E-state index in [1.54, 1.807) is 0 Å². The third-order valence-electron chi connectivity index (χ3n) is 4.99. The topological polar surface area (TPSA) is 107 Å². The Labute approximate surface area is 169 Å². The van der Waals surface area contributed by atoms with Crippen LogP contribution in [-0.2, 0) is 15.0 Å². The number of imide groups is 1. The molecular weight excluding hydrogens is 348 g/mol. The van der Waals surface area contributed by atoms with E-state index in [0.29, 0.717) is 0 Å². The SMILES string of the molecule is [B]c1c([B])c(N)c2c(=O)n(C3([B])C(=O)NC(=O)C([B])([B])C3[B])c(C)nc2c1[B]. The molecule has 1 aliphatic rings. The number of hydrogen-bond acceptors (Lipinski definition) is 5. The van der Waals surface area contributed by atoms with Crippen LogP contribution in [0.15, 0.2) is 4.79 Å². The summed E-state index contributed by atoms with van der Waals surface area (Å²) in [7, 11) is 41.2. The predicted molar refractivity (Wildman–Crippen MR) is 112 cm³/mol. The van der Waals surface area contributed by atoms with Gasteiger partial charge < -0.3 is 5.73 Å². The minimum Gasteiger partial charge on any atom is -0.399 e. The van der Waals surface area contributed by atoms with Crippen LogP contribution in [-0.4, -0.2) is 76.3 Å². The maximum Gasteiger partial charge on any atom is 0.263 e. The van der Waals surface area contributed by atoms with E-state index >= 15 is 0 Å². The number of amides is 2. The van der Waals surface area contributed by atoms with Gasteiger partial charge >= 0.3 is 0 Å². The highest BCUT2D eigenvalue weighted by Gasteiger charge is 2.54. The number of carbonyl (C=O) groups excluding carboxylic acids is 2. The second-order valence-electron chi connectivity index (χ2n) is 6.70. The Morgan fingerprint density at radius 1 is 1.04 bits per heavy atom. The standard InChI is InChI=1S/C14H7B7N4O3/c1-2-23-8-3(7(22)5(16)4(15)6(8)17)9(26)25(2)14(21)10(18)13(19,20)11(27)24-12(14)28/h10H,22H2,1H3,(H,24,27,28). The summed E-state index contributed by atoms with van der Waals surface area (Å²) in [6.45, 7) is 1.36. The molecule has 1 saturated heterocycles. The van der Waals surface area contributed by atoms with Crippen molar-refractivity contribution >= 4 is 99.7 Å². The van der Waals surface area contributed by atoms with Crippen molar-refractivity contribution in [2.24, 2.45) is 0 Å². The molecule has 0 aliphatic carbocycles. The van der Waals surface area contributed by atoms with E-state index in [9.17, 15) is 14.4 Å². The number of nitrogens with one attached hydrogen (secondary N) is 1. The summed E-state index contributed by atoms with van der Waals surface area (Å²) in [5.41, 5.74) is 2.20. The lowest BCUT2D eigenvalue weighted by Gasteiger charge is -2.49. The van der Waals surface area contributed by atoms with Gasteiger partial charge in [-0.05, 0) is 12.1 Å². The lowest BCUT2D eigenvalue weighted by atomic mass is 9.35. The second-order valence-corrected chi connectivity index (χ2v) is 6.70. The summed E-state index contributed by atoms with van der Waals surface area (Å²) in [5, 5.41) is -0.564. The van der Waals surface area contributed by atoms with Gasteiger partial charge in [-0.15, -0.1) is 5.46 Å². The van der Waals surface area contributed by atoms with Crippen LogP contribution < -0.4 is 33.0 Å². The molecule has 3 N–H and O–H groups in total. The molecule has 1 aromatic carbocycles. The Bertz CT molecular complexity index is 1130. The fourth-order valence-corrected chi connectivity index (χ4v) is 3.25. The summed E-state index contributed by atoms with van der Waals surface area (Å²) < 4.78 is 0.752. The molecule has 28 heavy (non-hydrogen) atoms. The molecule has 2 unspecified atom stereocenters. The predicted octanol–water partition coefficient (Wildman–Crippen LogP) is -5.44. The Hall–Kier alpha value is -2.25. The molecule has 122 valence electrons. The van der Waals surface area contributed by atoms with E-state index in [1.165, 1.54) is 6.92 Å². The molecule has 3 rings (SSSR count). The second kappa shape index (κ2) is 6.13. The number of piperidine rings is 1. The quantitative estimate of drug-likeness (QED) is 0.302. The van der Waals surface area contributed by atoms with Gasteiger partial charge in [0.25, 0.3) is 5.56 Å². The summed E-state index contributed by atoms with van der Waals surface area (Å²) in [6, 6.07) is 0. The fraction of sp³-hybridized carbons (Fsp3) is 0.286. The molecule has 14 radical (unpaired) electrons. The first-order chi connectivity index (χ1) is 12.8. The van der Waals surface area contributed by atoms with Crippen molar-refractivity contribution < 1.29 is 9.59 Å². The highest BCUT2D eigenvalue weighted by atomic mass is 16.2. The summed E-state index contributed by atoms with van der Waals surface area (Å²) >= 11 is 0. The smallest absolute Gasteiger partial charge is 0.263 e. The van der Waals surface area contributed by atoms with Crippen LogP contribution in [0.3, 0.4) is 0 Å². The van der Waals surface area contributed by atoms with Gasteiger partial charge in [-0.25, -0.2) is 4.98 Å². The first kappa shape index (κ1) is 20.5. The van der Waals surface area contributed by atoms with Gasteiger partial charge in [0.15, 0.2) is 0 Å². The van der Waals surface area contributed by atoms with Gasteiger partial charge in [-0.3, -0.25) is 24.3 Å². The largest absolute Gasteiger partial charge is 0.399 e. The Balaban J connectivity index is 2.47. The number of aromatic nitrogens is 2. The Morgan fingerprint density at radius 2 is 1.61 bits per heavy atom. The maximum absolute atomic E-state index is 13.3. The van der Waals surface area contributed by atoms with E-state index in [0.717, 1.165) is 4.57 Å². The van der Waals surface area contributed by atoms with E-state index in [-0.39, 0.29) is 38.8 Å². The molecule has 0 spiro atoms. The summed E-state index contributed by atoms with van der Waals surface area (Å²) in [6.07, 6.45) is 0. The fourth-order valence-electron chi connectivity index (χ4n) is 3.25. The minimum atomic E-state index is -2.36.